The molecule has 27 heavy (non-hydrogen) atoms. The highest BCUT2D eigenvalue weighted by molar-refractivity contribution is 7.99. The number of aryl methyl sites for hydroxylation is 1. The maximum absolute atomic E-state index is 12.2. The fourth-order valence-corrected chi connectivity index (χ4v) is 3.23. The van der Waals surface area contributed by atoms with Gasteiger partial charge in [-0.25, -0.2) is 0 Å². The van der Waals surface area contributed by atoms with Crippen molar-refractivity contribution in [3.05, 3.63) is 24.0 Å². The van der Waals surface area contributed by atoms with Crippen LogP contribution in [0.25, 0.3) is 0 Å². The molecule has 1 aromatic heterocycles. The maximum atomic E-state index is 12.2. The van der Waals surface area contributed by atoms with Crippen molar-refractivity contribution in [2.45, 2.75) is 31.5 Å². The molecule has 0 atom stereocenters. The standard InChI is InChI=1S/C17H23N5O4S/c1-4-22-15(8-7-14(18)23)20-21-17(22)27-10-16(24)19-11-5-6-12(25-2)13(9-11)26-3/h5-6,9H,4,7-8,10H2,1-3H3,(H2,18,23)(H,19,24). The number of aromatic nitrogens is 3. The average Bonchev–Trinajstić information content (AvgIpc) is 3.06. The molecule has 2 aromatic rings. The number of carbonyl (C=O) groups is 2. The highest BCUT2D eigenvalue weighted by Crippen LogP contribution is 2.29. The molecule has 0 unspecified atom stereocenters. The highest BCUT2D eigenvalue weighted by Gasteiger charge is 2.14. The lowest BCUT2D eigenvalue weighted by Gasteiger charge is -2.10. The van der Waals surface area contributed by atoms with E-state index in [0.29, 0.717) is 41.1 Å². The maximum Gasteiger partial charge on any atom is 0.234 e. The first-order valence-electron chi connectivity index (χ1n) is 8.33. The van der Waals surface area contributed by atoms with E-state index in [2.05, 4.69) is 15.5 Å². The Labute approximate surface area is 161 Å². The van der Waals surface area contributed by atoms with Gasteiger partial charge in [0.15, 0.2) is 16.7 Å². The normalized spacial score (nSPS) is 10.5. The van der Waals surface area contributed by atoms with E-state index in [1.165, 1.54) is 18.9 Å². The van der Waals surface area contributed by atoms with Crippen LogP contribution in [0, 0.1) is 0 Å². The molecule has 9 nitrogen and oxygen atoms in total. The SMILES string of the molecule is CCn1c(CCC(N)=O)nnc1SCC(=O)Nc1ccc(OC)c(OC)c1. The van der Waals surface area contributed by atoms with Gasteiger partial charge in [0.25, 0.3) is 0 Å². The second-order valence-electron chi connectivity index (χ2n) is 5.52. The second kappa shape index (κ2) is 9.81. The van der Waals surface area contributed by atoms with Gasteiger partial charge in [-0.3, -0.25) is 9.59 Å². The summed E-state index contributed by atoms with van der Waals surface area (Å²) >= 11 is 1.28. The van der Waals surface area contributed by atoms with E-state index in [1.54, 1.807) is 25.3 Å². The molecule has 2 amide bonds. The molecule has 0 radical (unpaired) electrons. The van der Waals surface area contributed by atoms with Crippen molar-refractivity contribution in [2.75, 3.05) is 25.3 Å². The largest absolute Gasteiger partial charge is 0.493 e. The molecule has 2 rings (SSSR count). The van der Waals surface area contributed by atoms with Gasteiger partial charge in [-0.1, -0.05) is 11.8 Å². The molecule has 10 heteroatoms. The summed E-state index contributed by atoms with van der Waals surface area (Å²) in [6.07, 6.45) is 0.636. The highest BCUT2D eigenvalue weighted by atomic mass is 32.2. The van der Waals surface area contributed by atoms with Gasteiger partial charge in [-0.2, -0.15) is 0 Å². The first-order valence-corrected chi connectivity index (χ1v) is 9.32. The summed E-state index contributed by atoms with van der Waals surface area (Å²) in [6.45, 7) is 2.59. The van der Waals surface area contributed by atoms with Crippen LogP contribution in [0.3, 0.4) is 0 Å². The predicted molar refractivity (Wildman–Crippen MR) is 102 cm³/mol. The third-order valence-corrected chi connectivity index (χ3v) is 4.67. The van der Waals surface area contributed by atoms with Crippen LogP contribution in [-0.4, -0.2) is 46.6 Å². The number of rotatable bonds is 10. The Morgan fingerprint density at radius 1 is 1.22 bits per heavy atom. The number of amides is 2. The molecule has 0 aliphatic heterocycles. The fourth-order valence-electron chi connectivity index (χ4n) is 2.40. The van der Waals surface area contributed by atoms with Crippen molar-refractivity contribution < 1.29 is 19.1 Å². The van der Waals surface area contributed by atoms with E-state index >= 15 is 0 Å². The molecule has 0 aliphatic carbocycles. The van der Waals surface area contributed by atoms with Crippen molar-refractivity contribution in [2.24, 2.45) is 5.73 Å². The number of anilines is 1. The number of nitrogens with one attached hydrogen (secondary N) is 1. The molecule has 0 saturated heterocycles. The first kappa shape index (κ1) is 20.6. The van der Waals surface area contributed by atoms with Gasteiger partial charge in [-0.15, -0.1) is 10.2 Å². The summed E-state index contributed by atoms with van der Waals surface area (Å²) in [7, 11) is 3.08. The molecular weight excluding hydrogens is 370 g/mol. The lowest BCUT2D eigenvalue weighted by Crippen LogP contribution is -2.15. The number of thioether (sulfide) groups is 1. The summed E-state index contributed by atoms with van der Waals surface area (Å²) in [6, 6.07) is 5.15. The number of hydrogen-bond acceptors (Lipinski definition) is 7. The smallest absolute Gasteiger partial charge is 0.234 e. The number of primary amides is 1. The zero-order valence-corrected chi connectivity index (χ0v) is 16.3. The Bertz CT molecular complexity index is 809. The van der Waals surface area contributed by atoms with E-state index in [9.17, 15) is 9.59 Å². The van der Waals surface area contributed by atoms with Crippen LogP contribution in [0.15, 0.2) is 23.4 Å². The van der Waals surface area contributed by atoms with E-state index < -0.39 is 0 Å². The Hall–Kier alpha value is -2.75. The van der Waals surface area contributed by atoms with E-state index in [4.69, 9.17) is 15.2 Å². The minimum Gasteiger partial charge on any atom is -0.493 e. The third-order valence-electron chi connectivity index (χ3n) is 3.70. The lowest BCUT2D eigenvalue weighted by molar-refractivity contribution is -0.118. The summed E-state index contributed by atoms with van der Waals surface area (Å²) in [5, 5.41) is 11.6. The summed E-state index contributed by atoms with van der Waals surface area (Å²) in [5.41, 5.74) is 5.79. The number of hydrogen-bond donors (Lipinski definition) is 2. The molecule has 0 fully saturated rings. The summed E-state index contributed by atoms with van der Waals surface area (Å²) < 4.78 is 12.3. The fraction of sp³-hybridized carbons (Fsp3) is 0.412. The monoisotopic (exact) mass is 393 g/mol. The van der Waals surface area contributed by atoms with Crippen molar-refractivity contribution in [3.8, 4) is 11.5 Å². The Morgan fingerprint density at radius 3 is 2.59 bits per heavy atom. The van der Waals surface area contributed by atoms with Crippen LogP contribution in [0.5, 0.6) is 11.5 Å². The van der Waals surface area contributed by atoms with Crippen LogP contribution < -0.4 is 20.5 Å². The van der Waals surface area contributed by atoms with Crippen LogP contribution in [-0.2, 0) is 22.6 Å². The van der Waals surface area contributed by atoms with Crippen molar-refractivity contribution in [3.63, 3.8) is 0 Å². The van der Waals surface area contributed by atoms with E-state index in [-0.39, 0.29) is 24.0 Å². The van der Waals surface area contributed by atoms with Crippen molar-refractivity contribution in [1.82, 2.24) is 14.8 Å². The van der Waals surface area contributed by atoms with Gasteiger partial charge < -0.3 is 25.1 Å². The quantitative estimate of drug-likeness (QED) is 0.586. The third kappa shape index (κ3) is 5.61. The first-order chi connectivity index (χ1) is 13.0. The van der Waals surface area contributed by atoms with Gasteiger partial charge in [0.05, 0.1) is 20.0 Å². The predicted octanol–water partition coefficient (Wildman–Crippen LogP) is 1.46. The number of ether oxygens (including phenoxy) is 2. The Kier molecular flexibility index (Phi) is 7.47. The van der Waals surface area contributed by atoms with Gasteiger partial charge in [0.2, 0.25) is 11.8 Å². The molecule has 0 saturated carbocycles. The molecule has 146 valence electrons. The van der Waals surface area contributed by atoms with Gasteiger partial charge in [0.1, 0.15) is 5.82 Å². The van der Waals surface area contributed by atoms with Gasteiger partial charge in [-0.05, 0) is 19.1 Å². The van der Waals surface area contributed by atoms with Crippen molar-refractivity contribution in [1.29, 1.82) is 0 Å². The van der Waals surface area contributed by atoms with Crippen LogP contribution in [0.2, 0.25) is 0 Å². The summed E-state index contributed by atoms with van der Waals surface area (Å²) in [4.78, 5) is 23.2. The zero-order chi connectivity index (χ0) is 19.8. The molecular formula is C17H23N5O4S. The van der Waals surface area contributed by atoms with Crippen LogP contribution in [0.1, 0.15) is 19.2 Å². The average molecular weight is 393 g/mol. The van der Waals surface area contributed by atoms with Crippen LogP contribution in [0.4, 0.5) is 5.69 Å². The second-order valence-corrected chi connectivity index (χ2v) is 6.46. The minimum absolute atomic E-state index is 0.169. The molecule has 1 aromatic carbocycles. The van der Waals surface area contributed by atoms with Gasteiger partial charge in [0, 0.05) is 31.1 Å². The Morgan fingerprint density at radius 2 is 1.96 bits per heavy atom. The summed E-state index contributed by atoms with van der Waals surface area (Å²) in [5.74, 6) is 1.40. The number of methoxy groups -OCH3 is 2. The van der Waals surface area contributed by atoms with E-state index in [0.717, 1.165) is 0 Å². The molecule has 0 bridgehead atoms. The van der Waals surface area contributed by atoms with Crippen molar-refractivity contribution >= 4 is 29.3 Å². The molecule has 1 heterocycles. The number of nitrogens with two attached hydrogens (primary N) is 1. The van der Waals surface area contributed by atoms with Gasteiger partial charge >= 0.3 is 0 Å². The molecule has 0 spiro atoms. The Balaban J connectivity index is 1.96. The molecule has 3 N–H and O–H groups in total. The topological polar surface area (TPSA) is 121 Å². The lowest BCUT2D eigenvalue weighted by atomic mass is 10.2. The number of nitrogens with zero attached hydrogens (tertiary/aromatic N) is 3. The minimum atomic E-state index is -0.385. The van der Waals surface area contributed by atoms with Crippen LogP contribution >= 0.6 is 11.8 Å². The number of benzene rings is 1. The number of carbonyl (C=O) groups excluding carboxylic acids is 2. The zero-order valence-electron chi connectivity index (χ0n) is 15.5. The van der Waals surface area contributed by atoms with E-state index in [1.807, 2.05) is 11.5 Å². The molecule has 0 aliphatic rings.